The Bertz CT molecular complexity index is 1230. The number of aliphatic imine (C=N–C) groups is 2. The molecule has 0 aromatic carbocycles. The summed E-state index contributed by atoms with van der Waals surface area (Å²) in [4.78, 5) is 35.1. The second-order valence-corrected chi connectivity index (χ2v) is 9.24. The molecule has 2 rings (SSSR count). The molecule has 198 valence electrons. The van der Waals surface area contributed by atoms with Crippen LogP contribution in [0.4, 0.5) is 0 Å². The molecule has 0 unspecified atom stereocenters. The zero-order valence-electron chi connectivity index (χ0n) is 22.4. The Morgan fingerprint density at radius 3 is 2.35 bits per heavy atom. The number of aromatic amines is 1. The van der Waals surface area contributed by atoms with Crippen molar-refractivity contribution in [3.8, 4) is 0 Å². The number of aromatic nitrogens is 1. The fourth-order valence-electron chi connectivity index (χ4n) is 4.64. The number of rotatable bonds is 12. The Hall–Kier alpha value is -3.94. The summed E-state index contributed by atoms with van der Waals surface area (Å²) in [5, 5.41) is 22.4. The Balaban J connectivity index is 2.69. The number of hydrogen-bond donors (Lipinski definition) is 4. The van der Waals surface area contributed by atoms with Crippen molar-refractivity contribution < 1.29 is 19.8 Å². The molecule has 0 bridgehead atoms. The number of nitrogens with one attached hydrogen (secondary N) is 2. The van der Waals surface area contributed by atoms with Crippen LogP contribution in [0.1, 0.15) is 69.5 Å². The van der Waals surface area contributed by atoms with E-state index >= 15 is 0 Å². The molecule has 0 saturated carbocycles. The monoisotopic (exact) mass is 506 g/mol. The summed E-state index contributed by atoms with van der Waals surface area (Å²) in [6.45, 7) is 21.6. The van der Waals surface area contributed by atoms with Crippen molar-refractivity contribution in [1.29, 1.82) is 0 Å². The van der Waals surface area contributed by atoms with Gasteiger partial charge in [0, 0.05) is 64.4 Å². The van der Waals surface area contributed by atoms with E-state index in [-0.39, 0.29) is 24.7 Å². The highest BCUT2D eigenvalue weighted by atomic mass is 16.4. The van der Waals surface area contributed by atoms with Crippen LogP contribution in [0.15, 0.2) is 51.4 Å². The van der Waals surface area contributed by atoms with Gasteiger partial charge in [0.2, 0.25) is 0 Å². The van der Waals surface area contributed by atoms with Crippen LogP contribution >= 0.6 is 0 Å². The van der Waals surface area contributed by atoms with E-state index in [0.29, 0.717) is 29.9 Å². The minimum absolute atomic E-state index is 0.0207. The summed E-state index contributed by atoms with van der Waals surface area (Å²) in [5.74, 6) is -2.11. The lowest BCUT2D eigenvalue weighted by atomic mass is 9.86. The van der Waals surface area contributed by atoms with Gasteiger partial charge < -0.3 is 20.5 Å². The third-order valence-corrected chi connectivity index (χ3v) is 6.66. The summed E-state index contributed by atoms with van der Waals surface area (Å²) in [6, 6.07) is 0. The average molecular weight is 507 g/mol. The highest BCUT2D eigenvalue weighted by molar-refractivity contribution is 6.02. The molecule has 0 amide bonds. The number of aliphatic carboxylic acids is 2. The predicted molar refractivity (Wildman–Crippen MR) is 152 cm³/mol. The lowest BCUT2D eigenvalue weighted by Gasteiger charge is -2.18. The first kappa shape index (κ1) is 29.3. The van der Waals surface area contributed by atoms with Gasteiger partial charge in [0.05, 0.1) is 12.1 Å². The van der Waals surface area contributed by atoms with E-state index in [0.717, 1.165) is 39.5 Å². The Morgan fingerprint density at radius 1 is 1.16 bits per heavy atom. The van der Waals surface area contributed by atoms with Gasteiger partial charge in [-0.1, -0.05) is 26.2 Å². The summed E-state index contributed by atoms with van der Waals surface area (Å²) in [5.41, 5.74) is 7.89. The van der Waals surface area contributed by atoms with Crippen LogP contribution in [-0.2, 0) is 9.59 Å². The maximum atomic E-state index is 11.7. The van der Waals surface area contributed by atoms with Gasteiger partial charge in [0.15, 0.2) is 0 Å². The number of nitrogens with zero attached hydrogens (tertiary/aromatic N) is 2. The zero-order chi connectivity index (χ0) is 27.9. The number of allylic oxidation sites excluding steroid dienone is 3. The molecule has 2 heterocycles. The smallest absolute Gasteiger partial charge is 0.307 e. The van der Waals surface area contributed by atoms with Crippen LogP contribution in [-0.4, -0.2) is 46.1 Å². The number of carboxylic acid groups (broad SMARTS) is 2. The van der Waals surface area contributed by atoms with Gasteiger partial charge in [-0.15, -0.1) is 0 Å². The lowest BCUT2D eigenvalue weighted by molar-refractivity contribution is -0.138. The van der Waals surface area contributed by atoms with Crippen molar-refractivity contribution in [3.05, 3.63) is 63.9 Å². The van der Waals surface area contributed by atoms with E-state index in [1.54, 1.807) is 13.0 Å². The molecule has 0 aliphatic carbocycles. The van der Waals surface area contributed by atoms with Gasteiger partial charge in [-0.3, -0.25) is 19.6 Å². The first-order valence-corrected chi connectivity index (χ1v) is 12.3. The van der Waals surface area contributed by atoms with E-state index in [1.165, 1.54) is 0 Å². The SMILES string of the molecule is C=Cc1c(/C=C(\N=C)C(=C)C)[nH]c(/C=C2\N/C(=C(/CC(=O)O)C(C)=NCC)[C@@H](CCC(=O)O)[C@@H]2C)c1C. The normalized spacial score (nSPS) is 20.5. The summed E-state index contributed by atoms with van der Waals surface area (Å²) in [7, 11) is 0. The first-order chi connectivity index (χ1) is 17.4. The van der Waals surface area contributed by atoms with E-state index in [4.69, 9.17) is 0 Å². The lowest BCUT2D eigenvalue weighted by Crippen LogP contribution is -2.18. The highest BCUT2D eigenvalue weighted by Crippen LogP contribution is 2.40. The first-order valence-electron chi connectivity index (χ1n) is 12.3. The van der Waals surface area contributed by atoms with Crippen LogP contribution in [0.5, 0.6) is 0 Å². The number of hydrogen-bond acceptors (Lipinski definition) is 5. The van der Waals surface area contributed by atoms with E-state index < -0.39 is 11.9 Å². The Kier molecular flexibility index (Phi) is 10.2. The van der Waals surface area contributed by atoms with Crippen LogP contribution in [0, 0.1) is 18.8 Å². The molecule has 1 aromatic rings. The van der Waals surface area contributed by atoms with Crippen molar-refractivity contribution in [1.82, 2.24) is 10.3 Å². The summed E-state index contributed by atoms with van der Waals surface area (Å²) in [6.07, 6.45) is 5.81. The van der Waals surface area contributed by atoms with Gasteiger partial charge in [-0.2, -0.15) is 0 Å². The minimum Gasteiger partial charge on any atom is -0.481 e. The number of H-pyrrole nitrogens is 1. The van der Waals surface area contributed by atoms with Gasteiger partial charge in [-0.25, -0.2) is 0 Å². The van der Waals surface area contributed by atoms with Gasteiger partial charge >= 0.3 is 11.9 Å². The highest BCUT2D eigenvalue weighted by Gasteiger charge is 2.35. The van der Waals surface area contributed by atoms with Crippen molar-refractivity contribution in [3.63, 3.8) is 0 Å². The average Bonchev–Trinajstić information content (AvgIpc) is 3.29. The molecular formula is C29H38N4O4. The fourth-order valence-corrected chi connectivity index (χ4v) is 4.64. The van der Waals surface area contributed by atoms with Crippen molar-refractivity contribution in [2.75, 3.05) is 6.54 Å². The third-order valence-electron chi connectivity index (χ3n) is 6.66. The van der Waals surface area contributed by atoms with Crippen LogP contribution in [0.25, 0.3) is 18.2 Å². The second kappa shape index (κ2) is 12.9. The van der Waals surface area contributed by atoms with Gasteiger partial charge in [-0.05, 0) is 64.1 Å². The molecule has 0 radical (unpaired) electrons. The molecule has 1 aromatic heterocycles. The van der Waals surface area contributed by atoms with Crippen LogP contribution in [0.3, 0.4) is 0 Å². The Labute approximate surface area is 219 Å². The zero-order valence-corrected chi connectivity index (χ0v) is 22.4. The fraction of sp³-hybridized carbons (Fsp3) is 0.379. The molecule has 4 N–H and O–H groups in total. The van der Waals surface area contributed by atoms with E-state index in [1.807, 2.05) is 39.8 Å². The second-order valence-electron chi connectivity index (χ2n) is 9.24. The molecule has 2 atom stereocenters. The summed E-state index contributed by atoms with van der Waals surface area (Å²) >= 11 is 0. The van der Waals surface area contributed by atoms with E-state index in [2.05, 4.69) is 40.2 Å². The van der Waals surface area contributed by atoms with Gasteiger partial charge in [0.1, 0.15) is 0 Å². The molecule has 1 fully saturated rings. The number of carbonyl (C=O) groups is 2. The largest absolute Gasteiger partial charge is 0.481 e. The molecule has 0 spiro atoms. The molecule has 1 aliphatic heterocycles. The molecule has 37 heavy (non-hydrogen) atoms. The quantitative estimate of drug-likeness (QED) is 0.209. The molecular weight excluding hydrogens is 468 g/mol. The van der Waals surface area contributed by atoms with Crippen LogP contribution in [0.2, 0.25) is 0 Å². The minimum atomic E-state index is -0.964. The standard InChI is InChI=1S/C29H38N4O4/c1-9-20-17(5)24(32-26(20)14-23(30-8)16(3)4)15-25-18(6)21(11-12-27(34)35)29(33-25)22(13-28(36)37)19(7)31-10-2/h9,14-15,18,21,32-33H,1,3,8,10-13H2,2,4-7H3,(H,34,35)(H,36,37)/b23-14-,25-15-,29-22-,31-19?/t18-,21-/m0/s1. The molecule has 8 heteroatoms. The topological polar surface area (TPSA) is 127 Å². The maximum Gasteiger partial charge on any atom is 0.307 e. The summed E-state index contributed by atoms with van der Waals surface area (Å²) < 4.78 is 0. The number of carboxylic acids is 2. The van der Waals surface area contributed by atoms with E-state index in [9.17, 15) is 19.8 Å². The van der Waals surface area contributed by atoms with Crippen molar-refractivity contribution >= 4 is 42.6 Å². The molecule has 1 saturated heterocycles. The Morgan fingerprint density at radius 2 is 1.84 bits per heavy atom. The molecule has 8 nitrogen and oxygen atoms in total. The van der Waals surface area contributed by atoms with Crippen molar-refractivity contribution in [2.24, 2.45) is 21.8 Å². The predicted octanol–water partition coefficient (Wildman–Crippen LogP) is 5.85. The van der Waals surface area contributed by atoms with Crippen LogP contribution < -0.4 is 5.32 Å². The molecule has 1 aliphatic rings. The van der Waals surface area contributed by atoms with Crippen molar-refractivity contribution in [2.45, 2.75) is 53.9 Å². The maximum absolute atomic E-state index is 11.7. The van der Waals surface area contributed by atoms with Gasteiger partial charge in [0.25, 0.3) is 0 Å². The third kappa shape index (κ3) is 7.06.